The highest BCUT2D eigenvalue weighted by molar-refractivity contribution is 5.70. The first-order valence-electron chi connectivity index (χ1n) is 16.0. The van der Waals surface area contributed by atoms with Crippen LogP contribution >= 0.6 is 0 Å². The Labute approximate surface area is 250 Å². The second kappa shape index (κ2) is 30.5. The van der Waals surface area contributed by atoms with Crippen LogP contribution in [0.15, 0.2) is 60.8 Å². The number of aliphatic hydroxyl groups excluding tert-OH is 2. The molecule has 0 aromatic rings. The van der Waals surface area contributed by atoms with E-state index in [0.29, 0.717) is 19.3 Å². The summed E-state index contributed by atoms with van der Waals surface area (Å²) in [6, 6.07) is 0. The molecule has 41 heavy (non-hydrogen) atoms. The van der Waals surface area contributed by atoms with Crippen molar-refractivity contribution in [3.8, 4) is 0 Å². The zero-order valence-corrected chi connectivity index (χ0v) is 25.9. The maximum absolute atomic E-state index is 12.1. The number of allylic oxidation sites excluding steroid dienone is 8. The highest BCUT2D eigenvalue weighted by atomic mass is 16.6. The molecule has 6 nitrogen and oxygen atoms in total. The highest BCUT2D eigenvalue weighted by Gasteiger charge is 2.15. The van der Waals surface area contributed by atoms with Crippen LogP contribution in [0.4, 0.5) is 0 Å². The smallest absolute Gasteiger partial charge is 0.306 e. The number of carbonyl (C=O) groups excluding carboxylic acids is 2. The molecule has 0 bridgehead atoms. The number of hydrogen-bond donors (Lipinski definition) is 2. The van der Waals surface area contributed by atoms with Crippen LogP contribution in [0, 0.1) is 0 Å². The monoisotopic (exact) mass is 574 g/mol. The van der Waals surface area contributed by atoms with Gasteiger partial charge in [0.1, 0.15) is 6.61 Å². The maximum Gasteiger partial charge on any atom is 0.306 e. The van der Waals surface area contributed by atoms with E-state index in [1.807, 2.05) is 36.5 Å². The first-order valence-corrected chi connectivity index (χ1v) is 16.0. The fraction of sp³-hybridized carbons (Fsp3) is 0.657. The van der Waals surface area contributed by atoms with E-state index in [-0.39, 0.29) is 25.6 Å². The molecule has 0 aromatic heterocycles. The van der Waals surface area contributed by atoms with E-state index < -0.39 is 18.2 Å². The van der Waals surface area contributed by atoms with Crippen molar-refractivity contribution in [1.82, 2.24) is 0 Å². The van der Waals surface area contributed by atoms with Crippen molar-refractivity contribution in [3.05, 3.63) is 60.8 Å². The van der Waals surface area contributed by atoms with Crippen molar-refractivity contribution in [2.75, 3.05) is 13.2 Å². The Morgan fingerprint density at radius 1 is 0.707 bits per heavy atom. The number of unbranched alkanes of at least 4 members (excludes halogenated alkanes) is 9. The minimum atomic E-state index is -0.819. The second-order valence-electron chi connectivity index (χ2n) is 10.4. The van der Waals surface area contributed by atoms with E-state index in [1.54, 1.807) is 6.08 Å². The third-order valence-corrected chi connectivity index (χ3v) is 6.41. The SMILES string of the molecule is CC/C=C\C/C=C\CC(O)/C=C/C=C\C/C=C\CCCC(=O)O[C@@H](CO)COC(=O)CCCCCCCCCCC. The molecule has 0 spiro atoms. The molecule has 0 aliphatic carbocycles. The number of rotatable bonds is 27. The number of hydrogen-bond acceptors (Lipinski definition) is 6. The molecule has 234 valence electrons. The Morgan fingerprint density at radius 2 is 1.34 bits per heavy atom. The molecule has 2 atom stereocenters. The van der Waals surface area contributed by atoms with E-state index in [2.05, 4.69) is 32.1 Å². The molecule has 0 rings (SSSR count). The van der Waals surface area contributed by atoms with Gasteiger partial charge in [0.2, 0.25) is 0 Å². The van der Waals surface area contributed by atoms with Gasteiger partial charge in [-0.25, -0.2) is 0 Å². The van der Waals surface area contributed by atoms with Gasteiger partial charge in [0.05, 0.1) is 12.7 Å². The van der Waals surface area contributed by atoms with E-state index in [0.717, 1.165) is 44.9 Å². The summed E-state index contributed by atoms with van der Waals surface area (Å²) in [5.41, 5.74) is 0. The molecular formula is C35H58O6. The summed E-state index contributed by atoms with van der Waals surface area (Å²) in [6.07, 6.45) is 34.5. The van der Waals surface area contributed by atoms with E-state index >= 15 is 0 Å². The minimum Gasteiger partial charge on any atom is -0.462 e. The predicted molar refractivity (Wildman–Crippen MR) is 169 cm³/mol. The Hall–Kier alpha value is -2.44. The van der Waals surface area contributed by atoms with Crippen molar-refractivity contribution in [1.29, 1.82) is 0 Å². The molecule has 0 saturated carbocycles. The quantitative estimate of drug-likeness (QED) is 0.0444. The minimum absolute atomic E-state index is 0.108. The molecule has 0 aliphatic rings. The fourth-order valence-corrected chi connectivity index (χ4v) is 3.97. The Bertz CT molecular complexity index is 765. The largest absolute Gasteiger partial charge is 0.462 e. The summed E-state index contributed by atoms with van der Waals surface area (Å²) < 4.78 is 10.4. The number of esters is 2. The summed E-state index contributed by atoms with van der Waals surface area (Å²) in [6.45, 7) is 3.85. The molecule has 6 heteroatoms. The zero-order valence-electron chi connectivity index (χ0n) is 25.9. The number of aliphatic hydroxyl groups is 2. The molecule has 0 aliphatic heterocycles. The average molecular weight is 575 g/mol. The van der Waals surface area contributed by atoms with Gasteiger partial charge in [-0.15, -0.1) is 0 Å². The third-order valence-electron chi connectivity index (χ3n) is 6.41. The van der Waals surface area contributed by atoms with E-state index in [9.17, 15) is 19.8 Å². The molecule has 0 saturated heterocycles. The van der Waals surface area contributed by atoms with Crippen LogP contribution in [-0.2, 0) is 19.1 Å². The van der Waals surface area contributed by atoms with Crippen molar-refractivity contribution in [3.63, 3.8) is 0 Å². The van der Waals surface area contributed by atoms with Gasteiger partial charge in [0, 0.05) is 12.8 Å². The van der Waals surface area contributed by atoms with Gasteiger partial charge in [0.25, 0.3) is 0 Å². The second-order valence-corrected chi connectivity index (χ2v) is 10.4. The van der Waals surface area contributed by atoms with E-state index in [4.69, 9.17) is 9.47 Å². The Balaban J connectivity index is 3.84. The van der Waals surface area contributed by atoms with Gasteiger partial charge < -0.3 is 19.7 Å². The summed E-state index contributed by atoms with van der Waals surface area (Å²) in [5, 5.41) is 19.4. The van der Waals surface area contributed by atoms with Crippen LogP contribution in [0.5, 0.6) is 0 Å². The van der Waals surface area contributed by atoms with Crippen molar-refractivity contribution < 1.29 is 29.3 Å². The lowest BCUT2D eigenvalue weighted by Gasteiger charge is -2.15. The standard InChI is InChI=1S/C35H58O6/c1-3-5-7-9-11-12-16-20-24-28-34(38)40-31-33(30-36)41-35(39)29-25-21-17-14-13-15-19-23-27-32(37)26-22-18-10-8-6-4-2/h6,8,14-15,17-19,22-23,27,32-33,36-37H,3-5,7,9-13,16,20-21,24-26,28-31H2,1-2H3/b8-6-,17-14-,19-15-,22-18-,27-23+/t32?,33-/m0/s1. The number of carbonyl (C=O) groups is 2. The first kappa shape index (κ1) is 38.6. The van der Waals surface area contributed by atoms with Crippen LogP contribution in [0.25, 0.3) is 0 Å². The molecule has 2 N–H and O–H groups in total. The van der Waals surface area contributed by atoms with Gasteiger partial charge in [-0.3, -0.25) is 9.59 Å². The van der Waals surface area contributed by atoms with Gasteiger partial charge in [-0.2, -0.15) is 0 Å². The van der Waals surface area contributed by atoms with Crippen LogP contribution in [0.1, 0.15) is 123 Å². The lowest BCUT2D eigenvalue weighted by Crippen LogP contribution is -2.28. The lowest BCUT2D eigenvalue weighted by molar-refractivity contribution is -0.161. The predicted octanol–water partition coefficient (Wildman–Crippen LogP) is 8.25. The zero-order chi connectivity index (χ0) is 30.2. The molecule has 0 heterocycles. The maximum atomic E-state index is 12.1. The lowest BCUT2D eigenvalue weighted by atomic mass is 10.1. The summed E-state index contributed by atoms with van der Waals surface area (Å²) in [7, 11) is 0. The van der Waals surface area contributed by atoms with Gasteiger partial charge in [0.15, 0.2) is 6.10 Å². The summed E-state index contributed by atoms with van der Waals surface area (Å²) in [4.78, 5) is 24.0. The highest BCUT2D eigenvalue weighted by Crippen LogP contribution is 2.11. The molecule has 1 unspecified atom stereocenters. The number of ether oxygens (including phenoxy) is 2. The first-order chi connectivity index (χ1) is 20.0. The van der Waals surface area contributed by atoms with Crippen LogP contribution < -0.4 is 0 Å². The van der Waals surface area contributed by atoms with Crippen molar-refractivity contribution in [2.24, 2.45) is 0 Å². The molecular weight excluding hydrogens is 516 g/mol. The summed E-state index contributed by atoms with van der Waals surface area (Å²) in [5.74, 6) is -0.709. The normalized spacial score (nSPS) is 13.8. The van der Waals surface area contributed by atoms with Crippen LogP contribution in [-0.4, -0.2) is 47.6 Å². The van der Waals surface area contributed by atoms with E-state index in [1.165, 1.54) is 38.5 Å². The summed E-state index contributed by atoms with van der Waals surface area (Å²) >= 11 is 0. The molecule has 0 aromatic carbocycles. The molecule has 0 fully saturated rings. The van der Waals surface area contributed by atoms with Crippen LogP contribution in [0.3, 0.4) is 0 Å². The molecule has 0 radical (unpaired) electrons. The Kier molecular flexibility index (Phi) is 28.7. The van der Waals surface area contributed by atoms with Crippen molar-refractivity contribution >= 4 is 11.9 Å². The van der Waals surface area contributed by atoms with Crippen molar-refractivity contribution in [2.45, 2.75) is 135 Å². The Morgan fingerprint density at radius 3 is 2.05 bits per heavy atom. The topological polar surface area (TPSA) is 93.1 Å². The van der Waals surface area contributed by atoms with Gasteiger partial charge in [-0.1, -0.05) is 126 Å². The molecule has 0 amide bonds. The van der Waals surface area contributed by atoms with Gasteiger partial charge in [-0.05, 0) is 44.9 Å². The third kappa shape index (κ3) is 28.9. The van der Waals surface area contributed by atoms with Gasteiger partial charge >= 0.3 is 11.9 Å². The fourth-order valence-electron chi connectivity index (χ4n) is 3.97. The average Bonchev–Trinajstić information content (AvgIpc) is 2.97. The van der Waals surface area contributed by atoms with Crippen LogP contribution in [0.2, 0.25) is 0 Å².